The lowest BCUT2D eigenvalue weighted by Crippen LogP contribution is -2.35. The molecular formula is C22H20ClF6N3O3. The third-order valence-corrected chi connectivity index (χ3v) is 5.47. The van der Waals surface area contributed by atoms with E-state index in [2.05, 4.69) is 10.3 Å². The first kappa shape index (κ1) is 26.3. The Labute approximate surface area is 202 Å². The van der Waals surface area contributed by atoms with Crippen LogP contribution in [0.2, 0.25) is 0 Å². The topological polar surface area (TPSA) is 78.1 Å². The maximum absolute atomic E-state index is 13.4. The fourth-order valence-corrected chi connectivity index (χ4v) is 3.97. The van der Waals surface area contributed by atoms with E-state index in [1.54, 1.807) is 12.1 Å². The fourth-order valence-electron chi connectivity index (χ4n) is 3.97. The second-order valence-corrected chi connectivity index (χ2v) is 7.58. The number of nitrogens with two attached hydrogens (primary N) is 1. The molecule has 1 unspecified atom stereocenters. The molecule has 13 heteroatoms. The van der Waals surface area contributed by atoms with Gasteiger partial charge in [-0.1, -0.05) is 0 Å². The molecule has 2 aromatic carbocycles. The number of halogens is 7. The highest BCUT2D eigenvalue weighted by atomic mass is 35.5. The normalized spacial score (nSPS) is 17.6. The number of rotatable bonds is 3. The Bertz CT molecular complexity index is 1160. The molecule has 0 fully saturated rings. The van der Waals surface area contributed by atoms with Crippen molar-refractivity contribution in [1.29, 1.82) is 0 Å². The first-order valence-corrected chi connectivity index (χ1v) is 9.94. The first-order chi connectivity index (χ1) is 15.9. The van der Waals surface area contributed by atoms with Gasteiger partial charge in [-0.3, -0.25) is 0 Å². The molecule has 35 heavy (non-hydrogen) atoms. The van der Waals surface area contributed by atoms with Crippen LogP contribution in [0.15, 0.2) is 40.9 Å². The summed E-state index contributed by atoms with van der Waals surface area (Å²) in [5.41, 5.74) is 3.92. The summed E-state index contributed by atoms with van der Waals surface area (Å²) in [5.74, 6) is 0.911. The minimum Gasteiger partial charge on any atom is -0.496 e. The van der Waals surface area contributed by atoms with E-state index in [1.165, 1.54) is 14.2 Å². The van der Waals surface area contributed by atoms with Gasteiger partial charge in [0.15, 0.2) is 5.96 Å². The van der Waals surface area contributed by atoms with Crippen LogP contribution in [0.4, 0.5) is 26.3 Å². The highest BCUT2D eigenvalue weighted by Gasteiger charge is 2.39. The first-order valence-electron chi connectivity index (χ1n) is 9.94. The van der Waals surface area contributed by atoms with Crippen LogP contribution in [-0.2, 0) is 12.4 Å². The van der Waals surface area contributed by atoms with Gasteiger partial charge in [-0.05, 0) is 29.3 Å². The van der Waals surface area contributed by atoms with Crippen molar-refractivity contribution >= 4 is 24.1 Å². The summed E-state index contributed by atoms with van der Waals surface area (Å²) in [6, 6.07) is 3.35. The Morgan fingerprint density at radius 3 is 2.14 bits per heavy atom. The van der Waals surface area contributed by atoms with Crippen molar-refractivity contribution in [3.05, 3.63) is 58.2 Å². The van der Waals surface area contributed by atoms with E-state index in [-0.39, 0.29) is 43.0 Å². The minimum atomic E-state index is -4.99. The zero-order valence-electron chi connectivity index (χ0n) is 18.3. The van der Waals surface area contributed by atoms with Crippen LogP contribution in [0.25, 0.3) is 5.70 Å². The molecule has 2 aliphatic rings. The quantitative estimate of drug-likeness (QED) is 0.533. The Hall–Kier alpha value is -3.28. The lowest BCUT2D eigenvalue weighted by molar-refractivity contribution is -0.143. The molecule has 2 aromatic rings. The predicted octanol–water partition coefficient (Wildman–Crippen LogP) is 5.32. The molecule has 0 aromatic heterocycles. The van der Waals surface area contributed by atoms with Crippen molar-refractivity contribution in [2.75, 3.05) is 20.8 Å². The molecule has 190 valence electrons. The minimum absolute atomic E-state index is 0. The zero-order valence-corrected chi connectivity index (χ0v) is 19.1. The summed E-state index contributed by atoms with van der Waals surface area (Å²) < 4.78 is 97.2. The predicted molar refractivity (Wildman–Crippen MR) is 118 cm³/mol. The summed E-state index contributed by atoms with van der Waals surface area (Å²) in [6.45, 7) is 0.0842. The van der Waals surface area contributed by atoms with Crippen LogP contribution in [0, 0.1) is 0 Å². The molecule has 0 bridgehead atoms. The highest BCUT2D eigenvalue weighted by molar-refractivity contribution is 5.94. The van der Waals surface area contributed by atoms with Crippen molar-refractivity contribution in [2.45, 2.75) is 24.8 Å². The number of ether oxygens (including phenoxy) is 3. The molecule has 0 radical (unpaired) electrons. The fraction of sp³-hybridized carbons (Fsp3) is 0.318. The molecular weight excluding hydrogens is 504 g/mol. The van der Waals surface area contributed by atoms with Crippen molar-refractivity contribution in [2.24, 2.45) is 10.7 Å². The van der Waals surface area contributed by atoms with Crippen LogP contribution < -0.4 is 25.3 Å². The number of hydrogen-bond donors (Lipinski definition) is 2. The van der Waals surface area contributed by atoms with Gasteiger partial charge in [-0.15, -0.1) is 12.4 Å². The Morgan fingerprint density at radius 2 is 1.60 bits per heavy atom. The van der Waals surface area contributed by atoms with Gasteiger partial charge in [0, 0.05) is 18.6 Å². The van der Waals surface area contributed by atoms with Gasteiger partial charge in [0.25, 0.3) is 0 Å². The van der Waals surface area contributed by atoms with E-state index < -0.39 is 29.5 Å². The third-order valence-electron chi connectivity index (χ3n) is 5.47. The second kappa shape index (κ2) is 9.40. The van der Waals surface area contributed by atoms with E-state index in [4.69, 9.17) is 19.9 Å². The number of nitrogens with zero attached hydrogens (tertiary/aromatic N) is 1. The summed E-state index contributed by atoms with van der Waals surface area (Å²) in [6.07, 6.45) is -9.83. The average molecular weight is 524 g/mol. The summed E-state index contributed by atoms with van der Waals surface area (Å²) in [5, 5.41) is 2.88. The number of nitrogens with one attached hydrogen (secondary N) is 1. The van der Waals surface area contributed by atoms with Gasteiger partial charge in [-0.2, -0.15) is 26.3 Å². The van der Waals surface area contributed by atoms with E-state index >= 15 is 0 Å². The summed E-state index contributed by atoms with van der Waals surface area (Å²) >= 11 is 0. The zero-order chi connectivity index (χ0) is 24.8. The molecule has 4 rings (SSSR count). The maximum atomic E-state index is 13.4. The van der Waals surface area contributed by atoms with E-state index in [1.807, 2.05) is 0 Å². The third kappa shape index (κ3) is 5.07. The summed E-state index contributed by atoms with van der Waals surface area (Å²) in [4.78, 5) is 4.16. The van der Waals surface area contributed by atoms with Crippen molar-refractivity contribution in [1.82, 2.24) is 5.32 Å². The monoisotopic (exact) mass is 523 g/mol. The van der Waals surface area contributed by atoms with Gasteiger partial charge in [0.1, 0.15) is 23.3 Å². The van der Waals surface area contributed by atoms with Crippen molar-refractivity contribution in [3.63, 3.8) is 0 Å². The molecule has 1 atom stereocenters. The van der Waals surface area contributed by atoms with Crippen LogP contribution >= 0.6 is 12.4 Å². The summed E-state index contributed by atoms with van der Waals surface area (Å²) in [7, 11) is 2.86. The maximum Gasteiger partial charge on any atom is 0.416 e. The van der Waals surface area contributed by atoms with Crippen LogP contribution in [-0.4, -0.2) is 26.8 Å². The molecule has 0 amide bonds. The SMILES string of the molecule is COc1cc(OC)c2c(c1)OCCC1=C2NC(N)=NC1c1cc(C(F)(F)F)cc(C(F)(F)F)c1.Cl. The molecule has 0 aliphatic carbocycles. The molecule has 0 saturated heterocycles. The van der Waals surface area contributed by atoms with Gasteiger partial charge in [0.2, 0.25) is 0 Å². The molecule has 0 spiro atoms. The second-order valence-electron chi connectivity index (χ2n) is 7.58. The molecule has 3 N–H and O–H groups in total. The van der Waals surface area contributed by atoms with Gasteiger partial charge in [-0.25, -0.2) is 4.99 Å². The number of hydrogen-bond acceptors (Lipinski definition) is 6. The number of aliphatic imine (C=N–C) groups is 1. The van der Waals surface area contributed by atoms with Gasteiger partial charge >= 0.3 is 12.4 Å². The molecule has 0 saturated carbocycles. The van der Waals surface area contributed by atoms with Gasteiger partial charge in [0.05, 0.1) is 43.2 Å². The lowest BCUT2D eigenvalue weighted by atomic mass is 9.89. The van der Waals surface area contributed by atoms with Crippen LogP contribution in [0.3, 0.4) is 0 Å². The van der Waals surface area contributed by atoms with E-state index in [0.29, 0.717) is 46.2 Å². The Balaban J connectivity index is 0.00000342. The number of fused-ring (bicyclic) bond motifs is 2. The number of benzene rings is 2. The number of guanidine groups is 1. The number of methoxy groups -OCH3 is 2. The number of alkyl halides is 6. The standard InChI is InChI=1S/C22H19F6N3O3.ClH/c1-32-13-8-15(33-2)17-16(9-13)34-4-3-14-18(30-20(29)31-19(14)17)10-5-11(21(23,24)25)7-12(6-10)22(26,27)28;/h5-9,18H,3-4H2,1-2H3,(H3,29,30,31);1H. The molecule has 2 aliphatic heterocycles. The molecule has 2 heterocycles. The van der Waals surface area contributed by atoms with E-state index in [9.17, 15) is 26.3 Å². The smallest absolute Gasteiger partial charge is 0.416 e. The lowest BCUT2D eigenvalue weighted by Gasteiger charge is -2.28. The Morgan fingerprint density at radius 1 is 0.971 bits per heavy atom. The Kier molecular flexibility index (Phi) is 7.07. The van der Waals surface area contributed by atoms with Crippen LogP contribution in [0.5, 0.6) is 17.2 Å². The molecule has 6 nitrogen and oxygen atoms in total. The highest BCUT2D eigenvalue weighted by Crippen LogP contribution is 2.47. The van der Waals surface area contributed by atoms with E-state index in [0.717, 1.165) is 0 Å². The van der Waals surface area contributed by atoms with Crippen molar-refractivity contribution in [3.8, 4) is 17.2 Å². The average Bonchev–Trinajstić information content (AvgIpc) is 2.95. The van der Waals surface area contributed by atoms with Crippen molar-refractivity contribution < 1.29 is 40.6 Å². The van der Waals surface area contributed by atoms with Gasteiger partial charge < -0.3 is 25.3 Å². The largest absolute Gasteiger partial charge is 0.496 e. The van der Waals surface area contributed by atoms with Crippen LogP contribution in [0.1, 0.15) is 34.7 Å².